The van der Waals surface area contributed by atoms with Gasteiger partial charge in [0, 0.05) is 36.5 Å². The van der Waals surface area contributed by atoms with Gasteiger partial charge in [0.15, 0.2) is 5.52 Å². The van der Waals surface area contributed by atoms with Crippen LogP contribution >= 0.6 is 11.3 Å². The first-order valence-corrected chi connectivity index (χ1v) is 10.7. The van der Waals surface area contributed by atoms with Gasteiger partial charge in [-0.1, -0.05) is 0 Å². The molecule has 0 aliphatic carbocycles. The van der Waals surface area contributed by atoms with Crippen molar-refractivity contribution in [1.82, 2.24) is 20.2 Å². The van der Waals surface area contributed by atoms with Gasteiger partial charge in [0.1, 0.15) is 10.5 Å². The minimum absolute atomic E-state index is 0.360. The van der Waals surface area contributed by atoms with Crippen molar-refractivity contribution in [3.63, 3.8) is 0 Å². The number of anilines is 1. The predicted molar refractivity (Wildman–Crippen MR) is 105 cm³/mol. The summed E-state index contributed by atoms with van der Waals surface area (Å²) in [6.45, 7) is 5.19. The Labute approximate surface area is 174 Å². The maximum Gasteiger partial charge on any atom is 0.420 e. The molecule has 4 heterocycles. The molecule has 7 nitrogen and oxygen atoms in total. The monoisotopic (exact) mass is 439 g/mol. The lowest BCUT2D eigenvalue weighted by Gasteiger charge is -2.42. The Morgan fingerprint density at radius 2 is 1.97 bits per heavy atom. The zero-order chi connectivity index (χ0) is 20.9. The molecular weight excluding hydrogens is 419 g/mol. The van der Waals surface area contributed by atoms with Crippen molar-refractivity contribution in [2.75, 3.05) is 37.6 Å². The van der Waals surface area contributed by atoms with Gasteiger partial charge >= 0.3 is 6.18 Å². The van der Waals surface area contributed by atoms with E-state index >= 15 is 0 Å². The van der Waals surface area contributed by atoms with Gasteiger partial charge in [-0.3, -0.25) is 0 Å². The number of hydrogen-bond acceptors (Lipinski definition) is 8. The summed E-state index contributed by atoms with van der Waals surface area (Å²) in [6, 6.07) is 3.55. The third-order valence-corrected chi connectivity index (χ3v) is 6.61. The summed E-state index contributed by atoms with van der Waals surface area (Å²) in [5, 5.41) is 18.5. The average molecular weight is 439 g/mol. The fourth-order valence-corrected chi connectivity index (χ4v) is 4.99. The molecule has 0 bridgehead atoms. The molecule has 0 radical (unpaired) electrons. The van der Waals surface area contributed by atoms with Crippen molar-refractivity contribution in [1.29, 1.82) is 0 Å². The van der Waals surface area contributed by atoms with E-state index in [9.17, 15) is 18.3 Å². The summed E-state index contributed by atoms with van der Waals surface area (Å²) in [5.74, 6) is 0.578. The first-order chi connectivity index (χ1) is 14.4. The molecule has 0 saturated carbocycles. The molecule has 1 atom stereocenters. The molecule has 0 amide bonds. The Balaban J connectivity index is 1.38. The van der Waals surface area contributed by atoms with Crippen molar-refractivity contribution in [3.8, 4) is 11.3 Å². The lowest BCUT2D eigenvalue weighted by Crippen LogP contribution is -2.51. The highest BCUT2D eigenvalue weighted by Gasteiger charge is 2.41. The van der Waals surface area contributed by atoms with Crippen molar-refractivity contribution in [2.24, 2.45) is 5.92 Å². The fraction of sp³-hybridized carbons (Fsp3) is 0.526. The first-order valence-electron chi connectivity index (χ1n) is 9.82. The topological polar surface area (TPSA) is 78.5 Å². The van der Waals surface area contributed by atoms with E-state index in [1.165, 1.54) is 31.3 Å². The number of alkyl halides is 3. The Hall–Kier alpha value is -2.24. The van der Waals surface area contributed by atoms with Crippen LogP contribution < -0.4 is 4.90 Å². The Kier molecular flexibility index (Phi) is 4.91. The molecule has 2 saturated heterocycles. The standard InChI is InChI=1S/C19H20F3N5O2S/c20-19(21,22)17(28)18-23-14(10-30-18)12-5-13-16(25-29-24-13)15(6-12)27-8-11(9-27)7-26-3-1-2-4-26/h5-6,10-11,17,28H,1-4,7-9H2. The number of halogens is 3. The normalized spacial score (nSPS) is 19.5. The van der Waals surface area contributed by atoms with Crippen LogP contribution in [0.3, 0.4) is 0 Å². The molecule has 1 aromatic carbocycles. The van der Waals surface area contributed by atoms with Gasteiger partial charge in [0.2, 0.25) is 6.10 Å². The molecule has 1 N–H and O–H groups in total. The van der Waals surface area contributed by atoms with Crippen LogP contribution in [0.25, 0.3) is 22.3 Å². The van der Waals surface area contributed by atoms with Gasteiger partial charge in [-0.15, -0.1) is 11.3 Å². The van der Waals surface area contributed by atoms with Gasteiger partial charge in [0.05, 0.1) is 11.4 Å². The van der Waals surface area contributed by atoms with Crippen molar-refractivity contribution in [2.45, 2.75) is 25.1 Å². The maximum atomic E-state index is 12.8. The van der Waals surface area contributed by atoms with E-state index in [4.69, 9.17) is 4.63 Å². The van der Waals surface area contributed by atoms with Gasteiger partial charge in [-0.2, -0.15) is 13.2 Å². The minimum Gasteiger partial charge on any atom is -0.377 e. The third kappa shape index (κ3) is 3.65. The molecule has 2 aliphatic rings. The summed E-state index contributed by atoms with van der Waals surface area (Å²) in [4.78, 5) is 8.69. The Bertz CT molecular complexity index is 1040. The number of fused-ring (bicyclic) bond motifs is 1. The highest BCUT2D eigenvalue weighted by molar-refractivity contribution is 7.10. The molecular formula is C19H20F3N5O2S. The van der Waals surface area contributed by atoms with E-state index in [2.05, 4.69) is 25.1 Å². The number of aromatic nitrogens is 3. The minimum atomic E-state index is -4.75. The number of likely N-dealkylation sites (tertiary alicyclic amines) is 1. The second kappa shape index (κ2) is 7.47. The quantitative estimate of drug-likeness (QED) is 0.652. The molecule has 2 fully saturated rings. The lowest BCUT2D eigenvalue weighted by molar-refractivity contribution is -0.206. The number of hydrogen-bond donors (Lipinski definition) is 1. The highest BCUT2D eigenvalue weighted by Crippen LogP contribution is 2.38. The molecule has 1 unspecified atom stereocenters. The summed E-state index contributed by atoms with van der Waals surface area (Å²) in [6.07, 6.45) is -4.80. The summed E-state index contributed by atoms with van der Waals surface area (Å²) in [7, 11) is 0. The van der Waals surface area contributed by atoms with Crippen molar-refractivity contribution in [3.05, 3.63) is 22.5 Å². The van der Waals surface area contributed by atoms with Crippen LogP contribution in [0, 0.1) is 5.92 Å². The zero-order valence-electron chi connectivity index (χ0n) is 16.0. The summed E-state index contributed by atoms with van der Waals surface area (Å²) >= 11 is 0.779. The summed E-state index contributed by atoms with van der Waals surface area (Å²) < 4.78 is 43.3. The number of aliphatic hydroxyl groups is 1. The van der Waals surface area contributed by atoms with Crippen LogP contribution in [-0.2, 0) is 0 Å². The fourth-order valence-electron chi connectivity index (χ4n) is 4.16. The second-order valence-electron chi connectivity index (χ2n) is 7.92. The van der Waals surface area contributed by atoms with Crippen LogP contribution in [0.15, 0.2) is 22.1 Å². The van der Waals surface area contributed by atoms with E-state index in [1.54, 1.807) is 6.07 Å². The van der Waals surface area contributed by atoms with Crippen LogP contribution in [0.2, 0.25) is 0 Å². The largest absolute Gasteiger partial charge is 0.420 e. The van der Waals surface area contributed by atoms with Crippen LogP contribution in [0.5, 0.6) is 0 Å². The molecule has 30 heavy (non-hydrogen) atoms. The number of benzene rings is 1. The molecule has 3 aromatic rings. The Morgan fingerprint density at radius 3 is 2.70 bits per heavy atom. The lowest BCUT2D eigenvalue weighted by atomic mass is 9.97. The molecule has 2 aliphatic heterocycles. The maximum absolute atomic E-state index is 12.8. The van der Waals surface area contributed by atoms with Crippen molar-refractivity contribution >= 4 is 28.1 Å². The average Bonchev–Trinajstić information content (AvgIpc) is 3.43. The molecule has 0 spiro atoms. The molecule has 2 aromatic heterocycles. The molecule has 5 rings (SSSR count). The van der Waals surface area contributed by atoms with E-state index in [1.807, 2.05) is 6.07 Å². The highest BCUT2D eigenvalue weighted by atomic mass is 32.1. The number of thiazole rings is 1. The first kappa shape index (κ1) is 19.7. The van der Waals surface area contributed by atoms with Gasteiger partial charge < -0.3 is 14.9 Å². The number of rotatable bonds is 5. The second-order valence-corrected chi connectivity index (χ2v) is 8.81. The van der Waals surface area contributed by atoms with Gasteiger partial charge in [-0.05, 0) is 48.4 Å². The summed E-state index contributed by atoms with van der Waals surface area (Å²) in [5.41, 5.74) is 2.97. The Morgan fingerprint density at radius 1 is 1.20 bits per heavy atom. The van der Waals surface area contributed by atoms with Gasteiger partial charge in [0.25, 0.3) is 0 Å². The SMILES string of the molecule is OC(c1nc(-c2cc(N3CC(CN4CCCC4)C3)c3nonc3c2)cs1)C(F)(F)F. The van der Waals surface area contributed by atoms with Crippen LogP contribution in [0.1, 0.15) is 24.0 Å². The number of nitrogens with zero attached hydrogens (tertiary/aromatic N) is 5. The van der Waals surface area contributed by atoms with Crippen LogP contribution in [0.4, 0.5) is 18.9 Å². The molecule has 160 valence electrons. The van der Waals surface area contributed by atoms with E-state index in [0.717, 1.165) is 36.7 Å². The van der Waals surface area contributed by atoms with Gasteiger partial charge in [-0.25, -0.2) is 9.61 Å². The molecule has 11 heteroatoms. The zero-order valence-corrected chi connectivity index (χ0v) is 16.8. The van der Waals surface area contributed by atoms with E-state index < -0.39 is 12.3 Å². The van der Waals surface area contributed by atoms with E-state index in [0.29, 0.717) is 28.2 Å². The smallest absolute Gasteiger partial charge is 0.377 e. The number of aliphatic hydroxyl groups excluding tert-OH is 1. The van der Waals surface area contributed by atoms with Crippen molar-refractivity contribution < 1.29 is 22.9 Å². The predicted octanol–water partition coefficient (Wildman–Crippen LogP) is 3.47. The third-order valence-electron chi connectivity index (χ3n) is 5.72. The van der Waals surface area contributed by atoms with E-state index in [-0.39, 0.29) is 5.01 Å². The van der Waals surface area contributed by atoms with Crippen LogP contribution in [-0.4, -0.2) is 64.2 Å².